The van der Waals surface area contributed by atoms with E-state index in [1.54, 1.807) is 9.80 Å². The largest absolute Gasteiger partial charge is 0.492 e. The zero-order valence-electron chi connectivity index (χ0n) is 18.0. The minimum Gasteiger partial charge on any atom is -0.492 e. The number of para-hydroxylation sites is 2. The standard InChI is InChI=1S/C24H28N2O5/c1-3-31-21-12-8-7-11-20(21)26-17-19(15-22(26)27)24(29)25(14-13-23(28)30-2)16-18-9-5-4-6-10-18/h4-12,19H,3,13-17H2,1-2H3. The average molecular weight is 424 g/mol. The van der Waals surface area contributed by atoms with E-state index >= 15 is 0 Å². The van der Waals surface area contributed by atoms with Crippen LogP contribution in [0.1, 0.15) is 25.3 Å². The normalized spacial score (nSPS) is 15.6. The van der Waals surface area contributed by atoms with Crippen molar-refractivity contribution < 1.29 is 23.9 Å². The molecule has 2 amide bonds. The summed E-state index contributed by atoms with van der Waals surface area (Å²) < 4.78 is 10.4. The molecule has 1 aliphatic rings. The van der Waals surface area contributed by atoms with Gasteiger partial charge in [0, 0.05) is 26.1 Å². The molecule has 0 aliphatic carbocycles. The second kappa shape index (κ2) is 10.6. The van der Waals surface area contributed by atoms with Crippen LogP contribution < -0.4 is 9.64 Å². The highest BCUT2D eigenvalue weighted by Gasteiger charge is 2.38. The Balaban J connectivity index is 1.76. The first-order valence-electron chi connectivity index (χ1n) is 10.4. The molecular formula is C24H28N2O5. The summed E-state index contributed by atoms with van der Waals surface area (Å²) in [6.45, 7) is 3.26. The molecule has 1 fully saturated rings. The Labute approximate surface area is 182 Å². The summed E-state index contributed by atoms with van der Waals surface area (Å²) in [5, 5.41) is 0. The highest BCUT2D eigenvalue weighted by atomic mass is 16.5. The van der Waals surface area contributed by atoms with Crippen LogP contribution in [0.3, 0.4) is 0 Å². The van der Waals surface area contributed by atoms with Gasteiger partial charge in [0.15, 0.2) is 0 Å². The van der Waals surface area contributed by atoms with Crippen LogP contribution in [0.4, 0.5) is 5.69 Å². The Bertz CT molecular complexity index is 915. The Morgan fingerprint density at radius 2 is 1.81 bits per heavy atom. The van der Waals surface area contributed by atoms with Gasteiger partial charge in [-0.15, -0.1) is 0 Å². The minimum absolute atomic E-state index is 0.104. The van der Waals surface area contributed by atoms with Gasteiger partial charge in [0.1, 0.15) is 5.75 Å². The van der Waals surface area contributed by atoms with Gasteiger partial charge in [0.2, 0.25) is 11.8 Å². The zero-order valence-corrected chi connectivity index (χ0v) is 18.0. The van der Waals surface area contributed by atoms with Crippen LogP contribution in [-0.2, 0) is 25.7 Å². The molecule has 2 aromatic carbocycles. The van der Waals surface area contributed by atoms with Crippen molar-refractivity contribution in [1.29, 1.82) is 0 Å². The molecule has 1 unspecified atom stereocenters. The van der Waals surface area contributed by atoms with E-state index < -0.39 is 5.92 Å². The predicted molar refractivity (Wildman–Crippen MR) is 117 cm³/mol. The molecule has 0 spiro atoms. The van der Waals surface area contributed by atoms with Crippen LogP contribution in [0.2, 0.25) is 0 Å². The van der Waals surface area contributed by atoms with E-state index in [-0.39, 0.29) is 43.7 Å². The number of carbonyl (C=O) groups excluding carboxylic acids is 3. The second-order valence-corrected chi connectivity index (χ2v) is 7.38. The first kappa shape index (κ1) is 22.3. The number of hydrogen-bond donors (Lipinski definition) is 0. The summed E-state index contributed by atoms with van der Waals surface area (Å²) in [4.78, 5) is 41.0. The lowest BCUT2D eigenvalue weighted by Crippen LogP contribution is -2.38. The number of nitrogens with zero attached hydrogens (tertiary/aromatic N) is 2. The summed E-state index contributed by atoms with van der Waals surface area (Å²) in [5.41, 5.74) is 1.64. The SMILES string of the molecule is CCOc1ccccc1N1CC(C(=O)N(CCC(=O)OC)Cc2ccccc2)CC1=O. The van der Waals surface area contributed by atoms with Crippen LogP contribution in [0, 0.1) is 5.92 Å². The van der Waals surface area contributed by atoms with Gasteiger partial charge >= 0.3 is 5.97 Å². The van der Waals surface area contributed by atoms with Crippen LogP contribution in [-0.4, -0.2) is 49.5 Å². The van der Waals surface area contributed by atoms with Crippen molar-refractivity contribution in [3.05, 3.63) is 60.2 Å². The second-order valence-electron chi connectivity index (χ2n) is 7.38. The fraction of sp³-hybridized carbons (Fsp3) is 0.375. The fourth-order valence-electron chi connectivity index (χ4n) is 3.72. The monoisotopic (exact) mass is 424 g/mol. The predicted octanol–water partition coefficient (Wildman–Crippen LogP) is 3.03. The zero-order chi connectivity index (χ0) is 22.2. The van der Waals surface area contributed by atoms with Crippen LogP contribution in [0.15, 0.2) is 54.6 Å². The Kier molecular flexibility index (Phi) is 7.65. The van der Waals surface area contributed by atoms with E-state index in [1.165, 1.54) is 7.11 Å². The maximum Gasteiger partial charge on any atom is 0.307 e. The van der Waals surface area contributed by atoms with E-state index in [4.69, 9.17) is 9.47 Å². The quantitative estimate of drug-likeness (QED) is 0.579. The van der Waals surface area contributed by atoms with Gasteiger partial charge in [-0.2, -0.15) is 0 Å². The van der Waals surface area contributed by atoms with Crippen molar-refractivity contribution in [2.24, 2.45) is 5.92 Å². The van der Waals surface area contributed by atoms with Gasteiger partial charge in [-0.05, 0) is 24.6 Å². The van der Waals surface area contributed by atoms with E-state index in [0.29, 0.717) is 24.6 Å². The highest BCUT2D eigenvalue weighted by Crippen LogP contribution is 2.33. The van der Waals surface area contributed by atoms with E-state index in [1.807, 2.05) is 61.5 Å². The summed E-state index contributed by atoms with van der Waals surface area (Å²) in [5.74, 6) is -0.488. The Morgan fingerprint density at radius 1 is 1.10 bits per heavy atom. The molecule has 0 saturated carbocycles. The third-order valence-electron chi connectivity index (χ3n) is 5.27. The van der Waals surface area contributed by atoms with Crippen molar-refractivity contribution in [3.8, 4) is 5.75 Å². The number of rotatable bonds is 9. The van der Waals surface area contributed by atoms with E-state index in [2.05, 4.69) is 0 Å². The molecule has 164 valence electrons. The molecule has 1 heterocycles. The van der Waals surface area contributed by atoms with Gasteiger partial charge in [0.25, 0.3) is 0 Å². The van der Waals surface area contributed by atoms with Crippen molar-refractivity contribution in [3.63, 3.8) is 0 Å². The number of hydrogen-bond acceptors (Lipinski definition) is 5. The van der Waals surface area contributed by atoms with Gasteiger partial charge in [-0.3, -0.25) is 14.4 Å². The first-order valence-corrected chi connectivity index (χ1v) is 10.4. The molecule has 7 nitrogen and oxygen atoms in total. The van der Waals surface area contributed by atoms with Gasteiger partial charge in [-0.1, -0.05) is 42.5 Å². The number of anilines is 1. The fourth-order valence-corrected chi connectivity index (χ4v) is 3.72. The van der Waals surface area contributed by atoms with Gasteiger partial charge in [-0.25, -0.2) is 0 Å². The molecule has 31 heavy (non-hydrogen) atoms. The molecule has 0 bridgehead atoms. The third kappa shape index (κ3) is 5.63. The molecule has 0 radical (unpaired) electrons. The number of esters is 1. The van der Waals surface area contributed by atoms with Gasteiger partial charge < -0.3 is 19.3 Å². The van der Waals surface area contributed by atoms with Crippen LogP contribution in [0.25, 0.3) is 0 Å². The number of ether oxygens (including phenoxy) is 2. The smallest absolute Gasteiger partial charge is 0.307 e. The van der Waals surface area contributed by atoms with Crippen molar-refractivity contribution in [2.45, 2.75) is 26.3 Å². The highest BCUT2D eigenvalue weighted by molar-refractivity contribution is 6.01. The molecular weight excluding hydrogens is 396 g/mol. The number of carbonyl (C=O) groups is 3. The van der Waals surface area contributed by atoms with E-state index in [0.717, 1.165) is 5.56 Å². The van der Waals surface area contributed by atoms with Gasteiger partial charge in [0.05, 0.1) is 31.7 Å². The third-order valence-corrected chi connectivity index (χ3v) is 5.27. The summed E-state index contributed by atoms with van der Waals surface area (Å²) in [6, 6.07) is 16.9. The number of methoxy groups -OCH3 is 1. The molecule has 7 heteroatoms. The molecule has 1 atom stereocenters. The maximum atomic E-state index is 13.3. The summed E-state index contributed by atoms with van der Waals surface area (Å²) in [7, 11) is 1.33. The van der Waals surface area contributed by atoms with Crippen molar-refractivity contribution >= 4 is 23.5 Å². The average Bonchev–Trinajstić information content (AvgIpc) is 3.18. The number of amides is 2. The summed E-state index contributed by atoms with van der Waals surface area (Å²) in [6.07, 6.45) is 0.232. The lowest BCUT2D eigenvalue weighted by molar-refractivity contribution is -0.142. The van der Waals surface area contributed by atoms with Crippen LogP contribution in [0.5, 0.6) is 5.75 Å². The van der Waals surface area contributed by atoms with Crippen molar-refractivity contribution in [2.75, 3.05) is 31.7 Å². The lowest BCUT2D eigenvalue weighted by Gasteiger charge is -2.26. The van der Waals surface area contributed by atoms with Crippen LogP contribution >= 0.6 is 0 Å². The molecule has 0 N–H and O–H groups in total. The molecule has 2 aromatic rings. The topological polar surface area (TPSA) is 76.2 Å². The summed E-state index contributed by atoms with van der Waals surface area (Å²) >= 11 is 0. The lowest BCUT2D eigenvalue weighted by atomic mass is 10.1. The van der Waals surface area contributed by atoms with E-state index in [9.17, 15) is 14.4 Å². The minimum atomic E-state index is -0.483. The maximum absolute atomic E-state index is 13.3. The molecule has 1 saturated heterocycles. The first-order chi connectivity index (χ1) is 15.0. The molecule has 0 aromatic heterocycles. The number of benzene rings is 2. The Hall–Kier alpha value is -3.35. The van der Waals surface area contributed by atoms with Crippen molar-refractivity contribution in [1.82, 2.24) is 4.90 Å². The Morgan fingerprint density at radius 3 is 2.52 bits per heavy atom. The molecule has 1 aliphatic heterocycles. The molecule has 3 rings (SSSR count).